The van der Waals surface area contributed by atoms with Crippen LogP contribution in [0.1, 0.15) is 85.2 Å². The molecule has 2 saturated carbocycles. The van der Waals surface area contributed by atoms with Gasteiger partial charge in [-0.25, -0.2) is 28.2 Å². The lowest BCUT2D eigenvalue weighted by Crippen LogP contribution is -2.37. The fourth-order valence-electron chi connectivity index (χ4n) is 5.10. The van der Waals surface area contributed by atoms with Gasteiger partial charge < -0.3 is 10.6 Å². The quantitative estimate of drug-likeness (QED) is 0.363. The van der Waals surface area contributed by atoms with E-state index in [0.717, 1.165) is 12.8 Å². The molecule has 0 aliphatic heterocycles. The third-order valence-corrected chi connectivity index (χ3v) is 7.42. The number of aromatic nitrogens is 5. The van der Waals surface area contributed by atoms with E-state index in [9.17, 15) is 31.5 Å². The lowest BCUT2D eigenvalue weighted by molar-refractivity contribution is -0.144. The van der Waals surface area contributed by atoms with Crippen molar-refractivity contribution in [2.75, 3.05) is 0 Å². The Kier molecular flexibility index (Phi) is 7.69. The zero-order valence-electron chi connectivity index (χ0n) is 21.4. The highest BCUT2D eigenvalue weighted by Crippen LogP contribution is 2.43. The topological polar surface area (TPSA) is 114 Å². The summed E-state index contributed by atoms with van der Waals surface area (Å²) in [7, 11) is 0. The van der Waals surface area contributed by atoms with Crippen LogP contribution in [0.15, 0.2) is 37.1 Å². The molecule has 0 saturated heterocycles. The summed E-state index contributed by atoms with van der Waals surface area (Å²) in [5.41, 5.74) is 1.55. The Balaban J connectivity index is 1.39. The molecule has 214 valence electrons. The van der Waals surface area contributed by atoms with E-state index < -0.39 is 48.8 Å². The molecule has 3 aromatic rings. The summed E-state index contributed by atoms with van der Waals surface area (Å²) in [5, 5.41) is 9.99. The van der Waals surface area contributed by atoms with E-state index in [1.807, 2.05) is 0 Å². The Bertz CT molecular complexity index is 1350. The predicted molar refractivity (Wildman–Crippen MR) is 131 cm³/mol. The van der Waals surface area contributed by atoms with Crippen LogP contribution in [0, 0.1) is 11.8 Å². The largest absolute Gasteiger partial charge is 0.389 e. The van der Waals surface area contributed by atoms with Crippen LogP contribution in [0.3, 0.4) is 0 Å². The van der Waals surface area contributed by atoms with Crippen molar-refractivity contribution >= 4 is 17.5 Å². The Morgan fingerprint density at radius 1 is 1.07 bits per heavy atom. The average Bonchev–Trinajstić information content (AvgIpc) is 3.67. The number of carbonyl (C=O) groups is 2. The zero-order chi connectivity index (χ0) is 28.5. The van der Waals surface area contributed by atoms with Gasteiger partial charge in [0.1, 0.15) is 12.0 Å². The molecule has 3 heterocycles. The first-order valence-electron chi connectivity index (χ1n) is 13.1. The Morgan fingerprint density at radius 3 is 2.45 bits per heavy atom. The van der Waals surface area contributed by atoms with Crippen molar-refractivity contribution in [3.63, 3.8) is 0 Å². The summed E-state index contributed by atoms with van der Waals surface area (Å²) in [4.78, 5) is 37.6. The van der Waals surface area contributed by atoms with E-state index in [-0.39, 0.29) is 43.2 Å². The second-order valence-corrected chi connectivity index (χ2v) is 10.5. The number of carbonyl (C=O) groups excluding carboxylic acids is 2. The number of nitrogens with zero attached hydrogens (tertiary/aromatic N) is 5. The number of hydrogen-bond donors (Lipinski definition) is 2. The number of alkyl halides is 5. The van der Waals surface area contributed by atoms with Gasteiger partial charge in [-0.05, 0) is 55.2 Å². The number of hydrogen-bond acceptors (Lipinski definition) is 6. The van der Waals surface area contributed by atoms with Crippen molar-refractivity contribution in [1.82, 2.24) is 35.2 Å². The average molecular weight is 566 g/mol. The Labute approximate surface area is 226 Å². The minimum absolute atomic E-state index is 0.0809. The van der Waals surface area contributed by atoms with E-state index in [4.69, 9.17) is 0 Å². The van der Waals surface area contributed by atoms with Crippen LogP contribution in [0.25, 0.3) is 5.65 Å². The minimum atomic E-state index is -4.42. The van der Waals surface area contributed by atoms with Crippen LogP contribution < -0.4 is 10.6 Å². The first-order valence-corrected chi connectivity index (χ1v) is 13.1. The molecule has 5 rings (SSSR count). The van der Waals surface area contributed by atoms with Crippen molar-refractivity contribution < 1.29 is 31.5 Å². The van der Waals surface area contributed by atoms with Gasteiger partial charge in [-0.3, -0.25) is 9.59 Å². The molecular formula is C26H28F5N7O2. The van der Waals surface area contributed by atoms with E-state index in [1.54, 1.807) is 12.3 Å². The smallest absolute Gasteiger partial charge is 0.349 e. The van der Waals surface area contributed by atoms with Crippen molar-refractivity contribution in [2.24, 2.45) is 11.8 Å². The number of halogens is 5. The van der Waals surface area contributed by atoms with Gasteiger partial charge in [-0.2, -0.15) is 18.3 Å². The summed E-state index contributed by atoms with van der Waals surface area (Å²) < 4.78 is 67.0. The highest BCUT2D eigenvalue weighted by molar-refractivity contribution is 5.92. The van der Waals surface area contributed by atoms with Gasteiger partial charge in [-0.1, -0.05) is 0 Å². The molecule has 2 fully saturated rings. The molecule has 2 amide bonds. The first-order chi connectivity index (χ1) is 19.0. The summed E-state index contributed by atoms with van der Waals surface area (Å²) >= 11 is 0. The van der Waals surface area contributed by atoms with Gasteiger partial charge >= 0.3 is 6.18 Å². The third kappa shape index (κ3) is 6.89. The molecule has 0 radical (unpaired) electrons. The molecule has 9 nitrogen and oxygen atoms in total. The van der Waals surface area contributed by atoms with Gasteiger partial charge in [-0.15, -0.1) is 0 Å². The highest BCUT2D eigenvalue weighted by Gasteiger charge is 2.40. The van der Waals surface area contributed by atoms with Crippen molar-refractivity contribution in [3.05, 3.63) is 54.0 Å². The van der Waals surface area contributed by atoms with Crippen molar-refractivity contribution in [2.45, 2.75) is 75.5 Å². The van der Waals surface area contributed by atoms with Crippen LogP contribution in [0.2, 0.25) is 0 Å². The normalized spacial score (nSPS) is 19.2. The van der Waals surface area contributed by atoms with Gasteiger partial charge in [0.05, 0.1) is 36.6 Å². The van der Waals surface area contributed by atoms with Gasteiger partial charge in [0, 0.05) is 25.5 Å². The second-order valence-electron chi connectivity index (χ2n) is 10.5. The lowest BCUT2D eigenvalue weighted by Gasteiger charge is -2.33. The second kappa shape index (κ2) is 11.0. The van der Waals surface area contributed by atoms with E-state index in [1.165, 1.54) is 29.3 Å². The Morgan fingerprint density at radius 2 is 1.80 bits per heavy atom. The Hall–Kier alpha value is -3.71. The van der Waals surface area contributed by atoms with Crippen molar-refractivity contribution in [3.8, 4) is 0 Å². The van der Waals surface area contributed by atoms with Crippen molar-refractivity contribution in [1.29, 1.82) is 0 Å². The number of imidazole rings is 1. The monoisotopic (exact) mass is 565 g/mol. The van der Waals surface area contributed by atoms with Gasteiger partial charge in [0.2, 0.25) is 11.8 Å². The maximum Gasteiger partial charge on any atom is 0.389 e. The van der Waals surface area contributed by atoms with Crippen LogP contribution in [-0.2, 0) is 4.79 Å². The first kappa shape index (κ1) is 27.8. The summed E-state index contributed by atoms with van der Waals surface area (Å²) in [6.45, 7) is 0. The molecule has 1 unspecified atom stereocenters. The standard InChI is InChI=1S/C26H28F5N7O2/c27-25(28)7-3-16(4-8-25)23(37-24(40)18-6-10-32-14-33-18)19-13-38-20(35-19)11-17(12-34-38)22(15-1-2-15)36-21(39)5-9-26(29,30)31/h6,10-16,22-23H,1-5,7-9H2,(H,36,39)(H,37,40)/t22?,23-/m0/s1. The molecule has 40 heavy (non-hydrogen) atoms. The number of fused-ring (bicyclic) bond motifs is 1. The zero-order valence-corrected chi connectivity index (χ0v) is 21.4. The van der Waals surface area contributed by atoms with Gasteiger partial charge in [0.25, 0.3) is 5.91 Å². The molecule has 0 aromatic carbocycles. The maximum absolute atomic E-state index is 13.9. The summed E-state index contributed by atoms with van der Waals surface area (Å²) in [6, 6.07) is 1.94. The van der Waals surface area contributed by atoms with Crippen LogP contribution in [0.4, 0.5) is 22.0 Å². The summed E-state index contributed by atoms with van der Waals surface area (Å²) in [6.07, 6.45) is 0.914. The minimum Gasteiger partial charge on any atom is -0.349 e. The molecule has 2 atom stereocenters. The summed E-state index contributed by atoms with van der Waals surface area (Å²) in [5.74, 6) is -4.17. The molecule has 0 bridgehead atoms. The van der Waals surface area contributed by atoms with E-state index in [2.05, 4.69) is 30.7 Å². The fraction of sp³-hybridized carbons (Fsp3) is 0.538. The van der Waals surface area contributed by atoms with E-state index in [0.29, 0.717) is 16.9 Å². The fourth-order valence-corrected chi connectivity index (χ4v) is 5.10. The van der Waals surface area contributed by atoms with Crippen LogP contribution in [-0.4, -0.2) is 48.5 Å². The number of rotatable bonds is 9. The number of amides is 2. The predicted octanol–water partition coefficient (Wildman–Crippen LogP) is 4.73. The molecule has 2 aliphatic rings. The maximum atomic E-state index is 13.9. The molecule has 3 aromatic heterocycles. The third-order valence-electron chi connectivity index (χ3n) is 7.42. The number of nitrogens with one attached hydrogen (secondary N) is 2. The lowest BCUT2D eigenvalue weighted by atomic mass is 9.81. The molecule has 14 heteroatoms. The van der Waals surface area contributed by atoms with Gasteiger partial charge in [0.15, 0.2) is 5.65 Å². The van der Waals surface area contributed by atoms with Crippen LogP contribution in [0.5, 0.6) is 0 Å². The molecular weight excluding hydrogens is 537 g/mol. The molecule has 2 aliphatic carbocycles. The van der Waals surface area contributed by atoms with Crippen LogP contribution >= 0.6 is 0 Å². The SMILES string of the molecule is O=C(CCC(F)(F)F)NC(c1cnn2cc([C@@H](NC(=O)c3ccncn3)C3CCC(F)(F)CC3)nc2c1)C1CC1. The highest BCUT2D eigenvalue weighted by atomic mass is 19.4. The molecule has 0 spiro atoms. The van der Waals surface area contributed by atoms with E-state index >= 15 is 0 Å². The molecule has 2 N–H and O–H groups in total.